The molecule has 1 atom stereocenters. The highest BCUT2D eigenvalue weighted by Crippen LogP contribution is 2.26. The summed E-state index contributed by atoms with van der Waals surface area (Å²) in [5, 5.41) is 2.52. The quantitative estimate of drug-likeness (QED) is 0.874. The summed E-state index contributed by atoms with van der Waals surface area (Å²) in [6.07, 6.45) is -4.50. The molecule has 0 saturated heterocycles. The summed E-state index contributed by atoms with van der Waals surface area (Å²) in [7, 11) is 0. The topological polar surface area (TPSA) is 64.4 Å². The first-order valence-electron chi connectivity index (χ1n) is 5.66. The molecule has 1 rings (SSSR count). The van der Waals surface area contributed by atoms with E-state index in [2.05, 4.69) is 10.1 Å². The van der Waals surface area contributed by atoms with Crippen molar-refractivity contribution < 1.29 is 22.7 Å². The maximum atomic E-state index is 12.2. The highest BCUT2D eigenvalue weighted by Gasteiger charge is 2.31. The van der Waals surface area contributed by atoms with Crippen molar-refractivity contribution in [2.75, 3.05) is 6.54 Å². The molecule has 114 valence electrons. The van der Waals surface area contributed by atoms with Crippen LogP contribution in [0.3, 0.4) is 0 Å². The number of nitrogens with one attached hydrogen (secondary N) is 1. The van der Waals surface area contributed by atoms with Crippen molar-refractivity contribution in [2.45, 2.75) is 25.7 Å². The van der Waals surface area contributed by atoms with Crippen LogP contribution in [0.5, 0.6) is 5.75 Å². The Balaban J connectivity index is 0.00000361. The number of para-hydroxylation sites is 1. The Morgan fingerprint density at radius 3 is 2.55 bits per heavy atom. The van der Waals surface area contributed by atoms with Crippen LogP contribution < -0.4 is 15.8 Å². The van der Waals surface area contributed by atoms with E-state index in [-0.39, 0.29) is 37.0 Å². The van der Waals surface area contributed by atoms with Crippen molar-refractivity contribution in [3.05, 3.63) is 29.8 Å². The van der Waals surface area contributed by atoms with Gasteiger partial charge in [0.2, 0.25) is 5.91 Å². The first-order valence-corrected chi connectivity index (χ1v) is 5.66. The van der Waals surface area contributed by atoms with Gasteiger partial charge in [0, 0.05) is 6.54 Å². The van der Waals surface area contributed by atoms with Gasteiger partial charge in [0.15, 0.2) is 0 Å². The predicted molar refractivity (Wildman–Crippen MR) is 70.7 cm³/mol. The Hall–Kier alpha value is -1.47. The lowest BCUT2D eigenvalue weighted by molar-refractivity contribution is -0.274. The molecule has 0 radical (unpaired) electrons. The van der Waals surface area contributed by atoms with Crippen LogP contribution in [-0.2, 0) is 11.2 Å². The van der Waals surface area contributed by atoms with E-state index in [9.17, 15) is 18.0 Å². The zero-order chi connectivity index (χ0) is 14.5. The van der Waals surface area contributed by atoms with Crippen molar-refractivity contribution in [1.82, 2.24) is 5.32 Å². The van der Waals surface area contributed by atoms with Gasteiger partial charge in [-0.15, -0.1) is 25.6 Å². The summed E-state index contributed by atoms with van der Waals surface area (Å²) in [6, 6.07) is 5.15. The summed E-state index contributed by atoms with van der Waals surface area (Å²) in [5.74, 6) is -0.612. The van der Waals surface area contributed by atoms with Crippen LogP contribution in [0.15, 0.2) is 24.3 Å². The molecular weight excluding hydrogens is 297 g/mol. The number of hydrogen-bond acceptors (Lipinski definition) is 3. The number of alkyl halides is 3. The minimum Gasteiger partial charge on any atom is -0.406 e. The van der Waals surface area contributed by atoms with Gasteiger partial charge in [-0.1, -0.05) is 18.2 Å². The van der Waals surface area contributed by atoms with Crippen LogP contribution in [0.2, 0.25) is 0 Å². The molecule has 0 aliphatic heterocycles. The van der Waals surface area contributed by atoms with E-state index >= 15 is 0 Å². The van der Waals surface area contributed by atoms with E-state index in [4.69, 9.17) is 5.73 Å². The first kappa shape index (κ1) is 18.5. The van der Waals surface area contributed by atoms with Crippen LogP contribution in [-0.4, -0.2) is 24.9 Å². The molecule has 1 aromatic rings. The average molecular weight is 313 g/mol. The third-order valence-electron chi connectivity index (χ3n) is 2.31. The zero-order valence-corrected chi connectivity index (χ0v) is 11.6. The third kappa shape index (κ3) is 6.63. The lowest BCUT2D eigenvalue weighted by Crippen LogP contribution is -2.39. The van der Waals surface area contributed by atoms with Gasteiger partial charge in [-0.25, -0.2) is 0 Å². The van der Waals surface area contributed by atoms with Gasteiger partial charge in [0.05, 0.1) is 6.04 Å². The molecule has 0 unspecified atom stereocenters. The Labute approximate surface area is 120 Å². The summed E-state index contributed by atoms with van der Waals surface area (Å²) in [4.78, 5) is 11.2. The fourth-order valence-corrected chi connectivity index (χ4v) is 1.42. The Morgan fingerprint density at radius 2 is 2.00 bits per heavy atom. The molecule has 0 aliphatic carbocycles. The second-order valence-electron chi connectivity index (χ2n) is 3.99. The maximum absolute atomic E-state index is 12.2. The summed E-state index contributed by atoms with van der Waals surface area (Å²) >= 11 is 0. The van der Waals surface area contributed by atoms with Gasteiger partial charge in [0.25, 0.3) is 0 Å². The van der Waals surface area contributed by atoms with Gasteiger partial charge in [-0.05, 0) is 25.0 Å². The second-order valence-corrected chi connectivity index (χ2v) is 3.99. The molecule has 1 aromatic carbocycles. The number of rotatable bonds is 5. The molecule has 1 amide bonds. The van der Waals surface area contributed by atoms with E-state index in [1.807, 2.05) is 0 Å². The third-order valence-corrected chi connectivity index (χ3v) is 2.31. The number of benzene rings is 1. The normalized spacial score (nSPS) is 12.2. The molecule has 0 spiro atoms. The molecule has 4 nitrogen and oxygen atoms in total. The Kier molecular flexibility index (Phi) is 7.38. The van der Waals surface area contributed by atoms with E-state index in [1.54, 1.807) is 6.07 Å². The molecule has 0 bridgehead atoms. The van der Waals surface area contributed by atoms with Gasteiger partial charge in [-0.3, -0.25) is 4.79 Å². The van der Waals surface area contributed by atoms with Crippen molar-refractivity contribution in [2.24, 2.45) is 5.73 Å². The predicted octanol–water partition coefficient (Wildman–Crippen LogP) is 2.01. The number of hydrogen-bond donors (Lipinski definition) is 2. The van der Waals surface area contributed by atoms with Gasteiger partial charge >= 0.3 is 6.36 Å². The number of ether oxygens (including phenoxy) is 1. The van der Waals surface area contributed by atoms with E-state index < -0.39 is 12.4 Å². The highest BCUT2D eigenvalue weighted by atomic mass is 35.5. The van der Waals surface area contributed by atoms with Crippen LogP contribution in [0.4, 0.5) is 13.2 Å². The number of amides is 1. The maximum Gasteiger partial charge on any atom is 0.573 e. The number of carbonyl (C=O) groups is 1. The zero-order valence-electron chi connectivity index (χ0n) is 10.7. The number of carbonyl (C=O) groups excluding carboxylic acids is 1. The molecule has 0 heterocycles. The van der Waals surface area contributed by atoms with Crippen molar-refractivity contribution in [3.8, 4) is 5.75 Å². The molecule has 0 aliphatic rings. The summed E-state index contributed by atoms with van der Waals surface area (Å²) in [5.41, 5.74) is 5.71. The van der Waals surface area contributed by atoms with Crippen LogP contribution in [0.25, 0.3) is 0 Å². The summed E-state index contributed by atoms with van der Waals surface area (Å²) < 4.78 is 40.4. The minimum atomic E-state index is -4.73. The lowest BCUT2D eigenvalue weighted by Gasteiger charge is -2.13. The first-order chi connectivity index (χ1) is 8.79. The van der Waals surface area contributed by atoms with Gasteiger partial charge < -0.3 is 15.8 Å². The minimum absolute atomic E-state index is 0. The highest BCUT2D eigenvalue weighted by molar-refractivity contribution is 5.85. The SMILES string of the molecule is C[C@@H](N)C(=O)NCCc1ccccc1OC(F)(F)F.Cl. The van der Waals surface area contributed by atoms with Crippen molar-refractivity contribution in [3.63, 3.8) is 0 Å². The lowest BCUT2D eigenvalue weighted by atomic mass is 10.1. The van der Waals surface area contributed by atoms with Crippen molar-refractivity contribution >= 4 is 18.3 Å². The molecular formula is C12H16ClF3N2O2. The van der Waals surface area contributed by atoms with E-state index in [0.29, 0.717) is 5.56 Å². The van der Waals surface area contributed by atoms with Crippen LogP contribution >= 0.6 is 12.4 Å². The summed E-state index contributed by atoms with van der Waals surface area (Å²) in [6.45, 7) is 1.72. The Morgan fingerprint density at radius 1 is 1.40 bits per heavy atom. The largest absolute Gasteiger partial charge is 0.573 e. The van der Waals surface area contributed by atoms with Gasteiger partial charge in [0.1, 0.15) is 5.75 Å². The number of halogens is 4. The standard InChI is InChI=1S/C12H15F3N2O2.ClH/c1-8(16)11(18)17-7-6-9-4-2-3-5-10(9)19-12(13,14)15;/h2-5,8H,6-7,16H2,1H3,(H,17,18);1H/t8-;/m1./s1. The van der Waals surface area contributed by atoms with E-state index in [1.165, 1.54) is 25.1 Å². The molecule has 0 saturated carbocycles. The monoisotopic (exact) mass is 312 g/mol. The average Bonchev–Trinajstić information content (AvgIpc) is 2.29. The van der Waals surface area contributed by atoms with E-state index in [0.717, 1.165) is 0 Å². The molecule has 0 aromatic heterocycles. The fraction of sp³-hybridized carbons (Fsp3) is 0.417. The molecule has 20 heavy (non-hydrogen) atoms. The Bertz CT molecular complexity index is 439. The van der Waals surface area contributed by atoms with Gasteiger partial charge in [-0.2, -0.15) is 0 Å². The van der Waals surface area contributed by atoms with Crippen LogP contribution in [0, 0.1) is 0 Å². The second kappa shape index (κ2) is 7.96. The molecule has 3 N–H and O–H groups in total. The molecule has 8 heteroatoms. The fourth-order valence-electron chi connectivity index (χ4n) is 1.42. The number of nitrogens with two attached hydrogens (primary N) is 1. The smallest absolute Gasteiger partial charge is 0.406 e. The van der Waals surface area contributed by atoms with Crippen LogP contribution in [0.1, 0.15) is 12.5 Å². The molecule has 0 fully saturated rings. The van der Waals surface area contributed by atoms with Crippen molar-refractivity contribution in [1.29, 1.82) is 0 Å².